The smallest absolute Gasteiger partial charge is 0.253 e. The lowest BCUT2D eigenvalue weighted by Crippen LogP contribution is -2.40. The Morgan fingerprint density at radius 3 is 2.35 bits per heavy atom. The average molecular weight is 393 g/mol. The standard InChI is InChI=1S/C20H22Cl2N2O2/c1-20(2,3)24-19(26)14-6-4-5-7-17(14)23-18(25)11-9-13-8-10-15(21)16(22)12-13/h4-8,10,12H,9,11H2,1-3H3,(H,23,25)(H,24,26). The van der Waals surface area contributed by atoms with E-state index in [-0.39, 0.29) is 23.8 Å². The molecule has 0 fully saturated rings. The second-order valence-electron chi connectivity index (χ2n) is 7.05. The Bertz CT molecular complexity index is 814. The summed E-state index contributed by atoms with van der Waals surface area (Å²) in [5.74, 6) is -0.398. The van der Waals surface area contributed by atoms with Crippen molar-refractivity contribution in [2.45, 2.75) is 39.2 Å². The molecule has 4 nitrogen and oxygen atoms in total. The number of aryl methyl sites for hydroxylation is 1. The maximum absolute atomic E-state index is 12.4. The van der Waals surface area contributed by atoms with Gasteiger partial charge in [-0.1, -0.05) is 41.4 Å². The number of halogens is 2. The summed E-state index contributed by atoms with van der Waals surface area (Å²) < 4.78 is 0. The summed E-state index contributed by atoms with van der Waals surface area (Å²) in [7, 11) is 0. The zero-order chi connectivity index (χ0) is 19.3. The van der Waals surface area contributed by atoms with E-state index in [1.54, 1.807) is 36.4 Å². The number of amides is 2. The molecule has 138 valence electrons. The van der Waals surface area contributed by atoms with Crippen LogP contribution >= 0.6 is 23.2 Å². The van der Waals surface area contributed by atoms with Gasteiger partial charge in [0.25, 0.3) is 5.91 Å². The van der Waals surface area contributed by atoms with Crippen LogP contribution in [0.1, 0.15) is 43.1 Å². The molecule has 2 aromatic carbocycles. The average Bonchev–Trinajstić information content (AvgIpc) is 2.55. The first-order valence-electron chi connectivity index (χ1n) is 8.31. The van der Waals surface area contributed by atoms with E-state index in [1.807, 2.05) is 26.8 Å². The maximum Gasteiger partial charge on any atom is 0.253 e. The SMILES string of the molecule is CC(C)(C)NC(=O)c1ccccc1NC(=O)CCc1ccc(Cl)c(Cl)c1. The third-order valence-corrected chi connectivity index (χ3v) is 4.30. The van der Waals surface area contributed by atoms with E-state index in [0.717, 1.165) is 5.56 Å². The summed E-state index contributed by atoms with van der Waals surface area (Å²) in [6.07, 6.45) is 0.798. The van der Waals surface area contributed by atoms with Crippen LogP contribution in [-0.4, -0.2) is 17.4 Å². The van der Waals surface area contributed by atoms with Gasteiger partial charge in [0.2, 0.25) is 5.91 Å². The first-order valence-corrected chi connectivity index (χ1v) is 9.06. The van der Waals surface area contributed by atoms with Gasteiger partial charge < -0.3 is 10.6 Å². The monoisotopic (exact) mass is 392 g/mol. The lowest BCUT2D eigenvalue weighted by Gasteiger charge is -2.21. The predicted molar refractivity (Wildman–Crippen MR) is 107 cm³/mol. The third-order valence-electron chi connectivity index (χ3n) is 3.56. The highest BCUT2D eigenvalue weighted by atomic mass is 35.5. The quantitative estimate of drug-likeness (QED) is 0.743. The van der Waals surface area contributed by atoms with E-state index in [2.05, 4.69) is 10.6 Å². The van der Waals surface area contributed by atoms with Crippen molar-refractivity contribution in [2.24, 2.45) is 0 Å². The molecule has 0 aliphatic carbocycles. The van der Waals surface area contributed by atoms with Gasteiger partial charge in [0.1, 0.15) is 0 Å². The number of benzene rings is 2. The van der Waals surface area contributed by atoms with Gasteiger partial charge in [-0.2, -0.15) is 0 Å². The highest BCUT2D eigenvalue weighted by molar-refractivity contribution is 6.42. The molecule has 0 aliphatic heterocycles. The van der Waals surface area contributed by atoms with Crippen molar-refractivity contribution in [3.8, 4) is 0 Å². The van der Waals surface area contributed by atoms with Crippen LogP contribution in [0.25, 0.3) is 0 Å². The molecular formula is C20H22Cl2N2O2. The van der Waals surface area contributed by atoms with Crippen molar-refractivity contribution in [3.05, 3.63) is 63.6 Å². The van der Waals surface area contributed by atoms with Crippen molar-refractivity contribution in [1.82, 2.24) is 5.32 Å². The van der Waals surface area contributed by atoms with Crippen LogP contribution in [0.5, 0.6) is 0 Å². The normalized spacial score (nSPS) is 11.1. The molecule has 0 unspecified atom stereocenters. The maximum atomic E-state index is 12.4. The first-order chi connectivity index (χ1) is 12.2. The van der Waals surface area contributed by atoms with Gasteiger partial charge in [-0.05, 0) is 57.0 Å². The molecule has 0 atom stereocenters. The fourth-order valence-electron chi connectivity index (χ4n) is 2.36. The van der Waals surface area contributed by atoms with Crippen LogP contribution in [0.2, 0.25) is 10.0 Å². The lowest BCUT2D eigenvalue weighted by atomic mass is 10.1. The van der Waals surface area contributed by atoms with Crippen molar-refractivity contribution in [1.29, 1.82) is 0 Å². The van der Waals surface area contributed by atoms with E-state index in [1.165, 1.54) is 0 Å². The molecule has 26 heavy (non-hydrogen) atoms. The van der Waals surface area contributed by atoms with E-state index in [4.69, 9.17) is 23.2 Å². The van der Waals surface area contributed by atoms with Crippen LogP contribution in [0.4, 0.5) is 5.69 Å². The van der Waals surface area contributed by atoms with Gasteiger partial charge in [-0.3, -0.25) is 9.59 Å². The van der Waals surface area contributed by atoms with E-state index in [0.29, 0.717) is 27.7 Å². The van der Waals surface area contributed by atoms with Crippen molar-refractivity contribution >= 4 is 40.7 Å². The van der Waals surface area contributed by atoms with E-state index >= 15 is 0 Å². The molecule has 6 heteroatoms. The Balaban J connectivity index is 2.02. The fourth-order valence-corrected chi connectivity index (χ4v) is 2.68. The van der Waals surface area contributed by atoms with E-state index in [9.17, 15) is 9.59 Å². The molecule has 0 saturated carbocycles. The summed E-state index contributed by atoms with van der Waals surface area (Å²) in [6, 6.07) is 12.3. The second kappa shape index (κ2) is 8.56. The zero-order valence-electron chi connectivity index (χ0n) is 15.0. The number of carbonyl (C=O) groups excluding carboxylic acids is 2. The fraction of sp³-hybridized carbons (Fsp3) is 0.300. The number of carbonyl (C=O) groups is 2. The molecule has 0 bridgehead atoms. The Hall–Kier alpha value is -2.04. The second-order valence-corrected chi connectivity index (χ2v) is 7.86. The number of nitrogens with one attached hydrogen (secondary N) is 2. The summed E-state index contributed by atoms with van der Waals surface area (Å²) in [5, 5.41) is 6.67. The molecular weight excluding hydrogens is 371 g/mol. The molecule has 0 aliphatic rings. The minimum absolute atomic E-state index is 0.174. The highest BCUT2D eigenvalue weighted by Gasteiger charge is 2.18. The van der Waals surface area contributed by atoms with Crippen molar-refractivity contribution < 1.29 is 9.59 Å². The summed E-state index contributed by atoms with van der Waals surface area (Å²) in [5.41, 5.74) is 1.49. The molecule has 0 radical (unpaired) electrons. The van der Waals surface area contributed by atoms with Gasteiger partial charge in [0.15, 0.2) is 0 Å². The molecule has 0 heterocycles. The van der Waals surface area contributed by atoms with Crippen LogP contribution in [0.15, 0.2) is 42.5 Å². The molecule has 0 aromatic heterocycles. The van der Waals surface area contributed by atoms with Crippen LogP contribution in [0, 0.1) is 0 Å². The number of para-hydroxylation sites is 1. The Labute approximate surface area is 163 Å². The van der Waals surface area contributed by atoms with Crippen molar-refractivity contribution in [2.75, 3.05) is 5.32 Å². The van der Waals surface area contributed by atoms with Gasteiger partial charge in [0.05, 0.1) is 21.3 Å². The summed E-state index contributed by atoms with van der Waals surface area (Å²) in [6.45, 7) is 5.72. The zero-order valence-corrected chi connectivity index (χ0v) is 16.5. The minimum Gasteiger partial charge on any atom is -0.347 e. The number of rotatable bonds is 5. The number of hydrogen-bond donors (Lipinski definition) is 2. The van der Waals surface area contributed by atoms with Crippen LogP contribution < -0.4 is 10.6 Å². The van der Waals surface area contributed by atoms with Gasteiger partial charge in [0, 0.05) is 12.0 Å². The Morgan fingerprint density at radius 2 is 1.69 bits per heavy atom. The van der Waals surface area contributed by atoms with Gasteiger partial charge in [-0.25, -0.2) is 0 Å². The molecule has 0 saturated heterocycles. The molecule has 2 N–H and O–H groups in total. The highest BCUT2D eigenvalue weighted by Crippen LogP contribution is 2.23. The van der Waals surface area contributed by atoms with Crippen LogP contribution in [-0.2, 0) is 11.2 Å². The Morgan fingerprint density at radius 1 is 1.00 bits per heavy atom. The van der Waals surface area contributed by atoms with Crippen molar-refractivity contribution in [3.63, 3.8) is 0 Å². The lowest BCUT2D eigenvalue weighted by molar-refractivity contribution is -0.116. The number of anilines is 1. The largest absolute Gasteiger partial charge is 0.347 e. The Kier molecular flexibility index (Phi) is 6.68. The number of hydrogen-bond acceptors (Lipinski definition) is 2. The van der Waals surface area contributed by atoms with Gasteiger partial charge >= 0.3 is 0 Å². The summed E-state index contributed by atoms with van der Waals surface area (Å²) in [4.78, 5) is 24.7. The van der Waals surface area contributed by atoms with Crippen LogP contribution in [0.3, 0.4) is 0 Å². The first kappa shape index (κ1) is 20.3. The minimum atomic E-state index is -0.359. The molecule has 2 amide bonds. The van der Waals surface area contributed by atoms with E-state index < -0.39 is 0 Å². The van der Waals surface area contributed by atoms with Gasteiger partial charge in [-0.15, -0.1) is 0 Å². The molecule has 0 spiro atoms. The molecule has 2 rings (SSSR count). The molecule has 2 aromatic rings. The topological polar surface area (TPSA) is 58.2 Å². The summed E-state index contributed by atoms with van der Waals surface area (Å²) >= 11 is 11.9. The predicted octanol–water partition coefficient (Wildman–Crippen LogP) is 5.09. The third kappa shape index (κ3) is 6.04.